The van der Waals surface area contributed by atoms with Gasteiger partial charge in [-0.1, -0.05) is 5.18 Å². The Kier molecular flexibility index (Phi) is 4.40. The van der Waals surface area contributed by atoms with Crippen LogP contribution < -0.4 is 4.74 Å². The van der Waals surface area contributed by atoms with E-state index < -0.39 is 0 Å². The fourth-order valence-electron chi connectivity index (χ4n) is 1.30. The number of pyridine rings is 1. The molecule has 4 nitrogen and oxygen atoms in total. The lowest BCUT2D eigenvalue weighted by molar-refractivity contribution is 0.130. The molecular weight excluding hydrogens is 204 g/mol. The predicted molar refractivity (Wildman–Crippen MR) is 63.6 cm³/mol. The van der Waals surface area contributed by atoms with E-state index in [0.29, 0.717) is 6.54 Å². The Labute approximate surface area is 96.0 Å². The van der Waals surface area contributed by atoms with Crippen LogP contribution in [0.5, 0.6) is 5.75 Å². The van der Waals surface area contributed by atoms with Crippen LogP contribution in [-0.4, -0.2) is 17.1 Å². The second-order valence-electron chi connectivity index (χ2n) is 4.66. The van der Waals surface area contributed by atoms with Crippen LogP contribution in [0.25, 0.3) is 0 Å². The summed E-state index contributed by atoms with van der Waals surface area (Å²) in [6.07, 6.45) is 3.24. The Morgan fingerprint density at radius 2 is 2.12 bits per heavy atom. The Balaban J connectivity index is 2.51. The summed E-state index contributed by atoms with van der Waals surface area (Å²) in [5.74, 6) is 0.768. The molecule has 0 radical (unpaired) electrons. The number of hydrogen-bond donors (Lipinski definition) is 0. The highest BCUT2D eigenvalue weighted by molar-refractivity contribution is 5.20. The summed E-state index contributed by atoms with van der Waals surface area (Å²) in [6, 6.07) is 3.83. The molecule has 0 bridgehead atoms. The van der Waals surface area contributed by atoms with Gasteiger partial charge in [0.15, 0.2) is 0 Å². The molecule has 0 aliphatic heterocycles. The van der Waals surface area contributed by atoms with E-state index >= 15 is 0 Å². The van der Waals surface area contributed by atoms with Crippen molar-refractivity contribution in [2.45, 2.75) is 39.2 Å². The Morgan fingerprint density at radius 1 is 1.38 bits per heavy atom. The third kappa shape index (κ3) is 4.87. The lowest BCUT2D eigenvalue weighted by atomic mass is 10.2. The fourth-order valence-corrected chi connectivity index (χ4v) is 1.30. The van der Waals surface area contributed by atoms with Gasteiger partial charge in [0.05, 0.1) is 12.7 Å². The van der Waals surface area contributed by atoms with Crippen molar-refractivity contribution < 1.29 is 4.74 Å². The van der Waals surface area contributed by atoms with Crippen LogP contribution in [0, 0.1) is 4.91 Å². The molecule has 0 saturated carbocycles. The third-order valence-electron chi connectivity index (χ3n) is 1.90. The maximum atomic E-state index is 9.92. The average molecular weight is 222 g/mol. The number of ether oxygens (including phenoxy) is 1. The van der Waals surface area contributed by atoms with Crippen molar-refractivity contribution in [3.05, 3.63) is 28.9 Å². The molecule has 1 heterocycles. The van der Waals surface area contributed by atoms with Crippen molar-refractivity contribution in [1.29, 1.82) is 0 Å². The van der Waals surface area contributed by atoms with E-state index in [9.17, 15) is 4.91 Å². The summed E-state index contributed by atoms with van der Waals surface area (Å²) in [7, 11) is 0. The quantitative estimate of drug-likeness (QED) is 0.568. The van der Waals surface area contributed by atoms with Gasteiger partial charge in [0.25, 0.3) is 0 Å². The molecule has 0 amide bonds. The monoisotopic (exact) mass is 222 g/mol. The molecule has 0 spiro atoms. The second-order valence-corrected chi connectivity index (χ2v) is 4.66. The van der Waals surface area contributed by atoms with Gasteiger partial charge in [-0.05, 0) is 45.7 Å². The minimum atomic E-state index is -0.204. The van der Waals surface area contributed by atoms with Crippen LogP contribution in [0.2, 0.25) is 0 Å². The highest BCUT2D eigenvalue weighted by atomic mass is 16.5. The smallest absolute Gasteiger partial charge is 0.138 e. The van der Waals surface area contributed by atoms with E-state index in [0.717, 1.165) is 24.3 Å². The fraction of sp³-hybridized carbons (Fsp3) is 0.583. The van der Waals surface area contributed by atoms with Gasteiger partial charge in [0, 0.05) is 5.69 Å². The van der Waals surface area contributed by atoms with Crippen molar-refractivity contribution >= 4 is 0 Å². The van der Waals surface area contributed by atoms with E-state index in [1.807, 2.05) is 32.9 Å². The Hall–Kier alpha value is -1.45. The first-order valence-electron chi connectivity index (χ1n) is 5.44. The zero-order valence-electron chi connectivity index (χ0n) is 10.1. The molecule has 88 valence electrons. The number of hydrogen-bond acceptors (Lipinski definition) is 4. The van der Waals surface area contributed by atoms with Crippen molar-refractivity contribution in [3.8, 4) is 5.75 Å². The van der Waals surface area contributed by atoms with Gasteiger partial charge in [-0.15, -0.1) is 0 Å². The Bertz CT molecular complexity index is 328. The van der Waals surface area contributed by atoms with Gasteiger partial charge in [0.1, 0.15) is 11.4 Å². The molecule has 1 aromatic heterocycles. The standard InChI is InChI=1S/C12H18N2O2/c1-12(2,3)16-11-7-6-10(13-9-11)5-4-8-14-15/h6-7,9H,4-5,8H2,1-3H3. The van der Waals surface area contributed by atoms with Gasteiger partial charge in [-0.25, -0.2) is 0 Å². The van der Waals surface area contributed by atoms with Crippen molar-refractivity contribution in [1.82, 2.24) is 4.98 Å². The van der Waals surface area contributed by atoms with Crippen LogP contribution >= 0.6 is 0 Å². The van der Waals surface area contributed by atoms with E-state index in [4.69, 9.17) is 4.74 Å². The molecule has 0 unspecified atom stereocenters. The summed E-state index contributed by atoms with van der Waals surface area (Å²) in [6.45, 7) is 6.34. The number of nitrogens with zero attached hydrogens (tertiary/aromatic N) is 2. The van der Waals surface area contributed by atoms with Crippen LogP contribution in [-0.2, 0) is 6.42 Å². The molecule has 0 fully saturated rings. The molecule has 0 saturated heterocycles. The minimum Gasteiger partial charge on any atom is -0.487 e. The maximum absolute atomic E-state index is 9.92. The number of nitroso groups, excluding NO2 is 1. The topological polar surface area (TPSA) is 51.5 Å². The third-order valence-corrected chi connectivity index (χ3v) is 1.90. The molecule has 0 aromatic carbocycles. The molecule has 4 heteroatoms. The van der Waals surface area contributed by atoms with Crippen molar-refractivity contribution in [2.24, 2.45) is 5.18 Å². The number of aromatic nitrogens is 1. The Morgan fingerprint density at radius 3 is 2.62 bits per heavy atom. The van der Waals surface area contributed by atoms with Crippen LogP contribution in [0.15, 0.2) is 23.5 Å². The summed E-state index contributed by atoms with van der Waals surface area (Å²) in [5, 5.41) is 2.81. The van der Waals surface area contributed by atoms with Crippen molar-refractivity contribution in [3.63, 3.8) is 0 Å². The van der Waals surface area contributed by atoms with Crippen LogP contribution in [0.1, 0.15) is 32.9 Å². The maximum Gasteiger partial charge on any atom is 0.138 e. The van der Waals surface area contributed by atoms with E-state index in [1.165, 1.54) is 0 Å². The van der Waals surface area contributed by atoms with Crippen LogP contribution in [0.4, 0.5) is 0 Å². The SMILES string of the molecule is CC(C)(C)Oc1ccc(CCCN=O)nc1. The largest absolute Gasteiger partial charge is 0.487 e. The highest BCUT2D eigenvalue weighted by Gasteiger charge is 2.11. The molecule has 16 heavy (non-hydrogen) atoms. The first kappa shape index (κ1) is 12.6. The molecule has 0 aliphatic carbocycles. The number of aryl methyl sites for hydroxylation is 1. The zero-order valence-corrected chi connectivity index (χ0v) is 10.1. The highest BCUT2D eigenvalue weighted by Crippen LogP contribution is 2.17. The minimum absolute atomic E-state index is 0.204. The van der Waals surface area contributed by atoms with Gasteiger partial charge >= 0.3 is 0 Å². The first-order valence-corrected chi connectivity index (χ1v) is 5.44. The molecule has 1 rings (SSSR count). The van der Waals surface area contributed by atoms with Crippen molar-refractivity contribution in [2.75, 3.05) is 6.54 Å². The number of rotatable bonds is 5. The summed E-state index contributed by atoms with van der Waals surface area (Å²) in [5.41, 5.74) is 0.759. The zero-order chi connectivity index (χ0) is 12.0. The normalized spacial score (nSPS) is 11.2. The lowest BCUT2D eigenvalue weighted by Crippen LogP contribution is -2.23. The van der Waals surface area contributed by atoms with E-state index in [2.05, 4.69) is 10.2 Å². The molecule has 0 atom stereocenters. The molecule has 0 aliphatic rings. The van der Waals surface area contributed by atoms with Gasteiger partial charge < -0.3 is 4.74 Å². The predicted octanol–water partition coefficient (Wildman–Crippen LogP) is 2.96. The van der Waals surface area contributed by atoms with Gasteiger partial charge in [-0.3, -0.25) is 4.98 Å². The van der Waals surface area contributed by atoms with Gasteiger partial charge in [0.2, 0.25) is 0 Å². The molecular formula is C12H18N2O2. The van der Waals surface area contributed by atoms with Crippen LogP contribution in [0.3, 0.4) is 0 Å². The van der Waals surface area contributed by atoms with E-state index in [-0.39, 0.29) is 5.60 Å². The lowest BCUT2D eigenvalue weighted by Gasteiger charge is -2.20. The molecule has 0 N–H and O–H groups in total. The average Bonchev–Trinajstić information content (AvgIpc) is 2.19. The molecule has 1 aromatic rings. The summed E-state index contributed by atoms with van der Waals surface area (Å²) >= 11 is 0. The summed E-state index contributed by atoms with van der Waals surface area (Å²) < 4.78 is 5.65. The first-order chi connectivity index (χ1) is 7.51. The van der Waals surface area contributed by atoms with E-state index in [1.54, 1.807) is 6.20 Å². The summed E-state index contributed by atoms with van der Waals surface area (Å²) in [4.78, 5) is 14.2. The van der Waals surface area contributed by atoms with Gasteiger partial charge in [-0.2, -0.15) is 4.91 Å². The second kappa shape index (κ2) is 5.58.